The quantitative estimate of drug-likeness (QED) is 0.465. The highest BCUT2D eigenvalue weighted by Crippen LogP contribution is 2.30. The van der Waals surface area contributed by atoms with Crippen molar-refractivity contribution in [2.75, 3.05) is 44.7 Å². The van der Waals surface area contributed by atoms with Crippen LogP contribution in [0.2, 0.25) is 0 Å². The first kappa shape index (κ1) is 26.1. The van der Waals surface area contributed by atoms with Crippen LogP contribution >= 0.6 is 0 Å². The molecule has 0 aliphatic carbocycles. The lowest BCUT2D eigenvalue weighted by atomic mass is 10.0. The molecule has 3 aromatic rings. The van der Waals surface area contributed by atoms with E-state index < -0.39 is 0 Å². The number of aromatic nitrogens is 1. The predicted octanol–water partition coefficient (Wildman–Crippen LogP) is 5.64. The van der Waals surface area contributed by atoms with Gasteiger partial charge >= 0.3 is 0 Å². The van der Waals surface area contributed by atoms with E-state index in [2.05, 4.69) is 44.8 Å². The second kappa shape index (κ2) is 12.3. The van der Waals surface area contributed by atoms with E-state index in [1.54, 1.807) is 7.11 Å². The Morgan fingerprint density at radius 1 is 0.972 bits per heavy atom. The van der Waals surface area contributed by atoms with Crippen LogP contribution in [0.15, 0.2) is 48.7 Å². The molecule has 2 aliphatic heterocycles. The van der Waals surface area contributed by atoms with E-state index in [1.165, 1.54) is 30.5 Å². The number of fused-ring (bicyclic) bond motifs is 1. The molecule has 0 spiro atoms. The molecule has 36 heavy (non-hydrogen) atoms. The van der Waals surface area contributed by atoms with Crippen LogP contribution in [0.5, 0.6) is 5.75 Å². The number of hydrogen-bond donors (Lipinski definition) is 1. The molecule has 3 heterocycles. The molecule has 5 rings (SSSR count). The lowest BCUT2D eigenvalue weighted by molar-refractivity contribution is 0.100. The number of primary amides is 1. The molecule has 1 aromatic heterocycles. The number of rotatable bonds is 7. The van der Waals surface area contributed by atoms with Gasteiger partial charge in [0.1, 0.15) is 5.75 Å². The van der Waals surface area contributed by atoms with Crippen molar-refractivity contribution in [3.8, 4) is 5.75 Å². The lowest BCUT2D eigenvalue weighted by Crippen LogP contribution is -2.36. The minimum absolute atomic E-state index is 0.371. The van der Waals surface area contributed by atoms with Crippen molar-refractivity contribution in [2.45, 2.75) is 58.4 Å². The van der Waals surface area contributed by atoms with Crippen molar-refractivity contribution in [2.24, 2.45) is 5.73 Å². The second-order valence-corrected chi connectivity index (χ2v) is 9.73. The number of ether oxygens (including phenoxy) is 1. The van der Waals surface area contributed by atoms with Crippen LogP contribution in [-0.4, -0.2) is 55.2 Å². The van der Waals surface area contributed by atoms with E-state index in [0.29, 0.717) is 11.6 Å². The molecular formula is C30H42N4O2. The molecule has 194 valence electrons. The molecule has 6 nitrogen and oxygen atoms in total. The van der Waals surface area contributed by atoms with Gasteiger partial charge in [-0.05, 0) is 85.9 Å². The van der Waals surface area contributed by atoms with E-state index in [-0.39, 0.29) is 5.91 Å². The summed E-state index contributed by atoms with van der Waals surface area (Å²) in [5.41, 5.74) is 9.83. The number of anilines is 1. The third-order valence-electron chi connectivity index (χ3n) is 7.64. The SMILES string of the molecule is CC.COc1ccc(N2CCCCC2)cc1CCN1CCC(n2ccc3ccc(C(N)=O)cc32)CC1. The van der Waals surface area contributed by atoms with Crippen LogP contribution in [0.3, 0.4) is 0 Å². The van der Waals surface area contributed by atoms with Gasteiger partial charge < -0.3 is 24.8 Å². The third-order valence-corrected chi connectivity index (χ3v) is 7.64. The summed E-state index contributed by atoms with van der Waals surface area (Å²) < 4.78 is 8.03. The molecule has 2 saturated heterocycles. The minimum atomic E-state index is -0.371. The number of nitrogens with two attached hydrogens (primary N) is 1. The Morgan fingerprint density at radius 3 is 2.42 bits per heavy atom. The van der Waals surface area contributed by atoms with E-state index in [4.69, 9.17) is 10.5 Å². The molecule has 2 fully saturated rings. The Morgan fingerprint density at radius 2 is 1.72 bits per heavy atom. The summed E-state index contributed by atoms with van der Waals surface area (Å²) in [5, 5.41) is 1.16. The van der Waals surface area contributed by atoms with Crippen molar-refractivity contribution in [3.05, 3.63) is 59.8 Å². The zero-order valence-corrected chi connectivity index (χ0v) is 22.2. The van der Waals surface area contributed by atoms with Gasteiger partial charge in [-0.3, -0.25) is 4.79 Å². The average Bonchev–Trinajstić information content (AvgIpc) is 3.37. The van der Waals surface area contributed by atoms with Gasteiger partial charge in [-0.25, -0.2) is 0 Å². The molecule has 0 saturated carbocycles. The smallest absolute Gasteiger partial charge is 0.248 e. The highest BCUT2D eigenvalue weighted by atomic mass is 16.5. The van der Waals surface area contributed by atoms with Crippen molar-refractivity contribution >= 4 is 22.5 Å². The van der Waals surface area contributed by atoms with Gasteiger partial charge in [-0.15, -0.1) is 0 Å². The number of carbonyl (C=O) groups is 1. The molecule has 0 radical (unpaired) electrons. The second-order valence-electron chi connectivity index (χ2n) is 9.73. The number of carbonyl (C=O) groups excluding carboxylic acids is 1. The van der Waals surface area contributed by atoms with E-state index in [1.807, 2.05) is 32.0 Å². The van der Waals surface area contributed by atoms with Crippen molar-refractivity contribution in [1.82, 2.24) is 9.47 Å². The van der Waals surface area contributed by atoms with Crippen LogP contribution in [0.25, 0.3) is 10.9 Å². The molecule has 2 N–H and O–H groups in total. The first-order valence-electron chi connectivity index (χ1n) is 13.7. The first-order chi connectivity index (χ1) is 17.6. The number of amides is 1. The van der Waals surface area contributed by atoms with Gasteiger partial charge in [0, 0.05) is 61.7 Å². The van der Waals surface area contributed by atoms with E-state index in [9.17, 15) is 4.79 Å². The molecule has 1 amide bonds. The topological polar surface area (TPSA) is 63.7 Å². The average molecular weight is 491 g/mol. The van der Waals surface area contributed by atoms with Gasteiger partial charge in [0.15, 0.2) is 0 Å². The fourth-order valence-electron chi connectivity index (χ4n) is 5.63. The maximum atomic E-state index is 11.6. The highest BCUT2D eigenvalue weighted by Gasteiger charge is 2.22. The van der Waals surface area contributed by atoms with Crippen LogP contribution in [0.4, 0.5) is 5.69 Å². The number of nitrogens with zero attached hydrogens (tertiary/aromatic N) is 3. The Kier molecular flexibility index (Phi) is 8.92. The van der Waals surface area contributed by atoms with Gasteiger partial charge in [0.05, 0.1) is 7.11 Å². The fourth-order valence-corrected chi connectivity index (χ4v) is 5.63. The van der Waals surface area contributed by atoms with E-state index >= 15 is 0 Å². The van der Waals surface area contributed by atoms with Crippen molar-refractivity contribution in [1.29, 1.82) is 0 Å². The Hall–Kier alpha value is -2.99. The lowest BCUT2D eigenvalue weighted by Gasteiger charge is -2.33. The minimum Gasteiger partial charge on any atom is -0.496 e. The first-order valence-corrected chi connectivity index (χ1v) is 13.7. The summed E-state index contributed by atoms with van der Waals surface area (Å²) in [6.45, 7) is 9.52. The van der Waals surface area contributed by atoms with Crippen molar-refractivity contribution < 1.29 is 9.53 Å². The number of likely N-dealkylation sites (tertiary alicyclic amines) is 1. The molecular weight excluding hydrogens is 448 g/mol. The molecule has 0 unspecified atom stereocenters. The van der Waals surface area contributed by atoms with Crippen LogP contribution < -0.4 is 15.4 Å². The summed E-state index contributed by atoms with van der Waals surface area (Å²) in [5.74, 6) is 0.629. The number of piperidine rings is 2. The molecule has 0 bridgehead atoms. The highest BCUT2D eigenvalue weighted by molar-refractivity contribution is 5.97. The molecule has 2 aromatic carbocycles. The van der Waals surface area contributed by atoms with Gasteiger partial charge in [0.25, 0.3) is 0 Å². The zero-order valence-electron chi connectivity index (χ0n) is 22.2. The maximum Gasteiger partial charge on any atom is 0.248 e. The normalized spacial score (nSPS) is 17.0. The standard InChI is InChI=1S/C28H36N4O2.C2H6/c1-34-27-8-7-25(31-13-3-2-4-14-31)19-22(27)9-15-30-16-11-24(12-17-30)32-18-10-21-5-6-23(28(29)33)20-26(21)32;1-2/h5-8,10,18-20,24H,2-4,9,11-17H2,1H3,(H2,29,33);1-2H3. The maximum absolute atomic E-state index is 11.6. The predicted molar refractivity (Wildman–Crippen MR) is 149 cm³/mol. The Bertz CT molecular complexity index is 1140. The van der Waals surface area contributed by atoms with Crippen LogP contribution in [0, 0.1) is 0 Å². The van der Waals surface area contributed by atoms with Crippen molar-refractivity contribution in [3.63, 3.8) is 0 Å². The number of benzene rings is 2. The zero-order chi connectivity index (χ0) is 25.5. The summed E-state index contributed by atoms with van der Waals surface area (Å²) in [6, 6.07) is 15.0. The summed E-state index contributed by atoms with van der Waals surface area (Å²) in [4.78, 5) is 16.7. The van der Waals surface area contributed by atoms with Crippen LogP contribution in [-0.2, 0) is 6.42 Å². The van der Waals surface area contributed by atoms with Gasteiger partial charge in [-0.2, -0.15) is 0 Å². The number of methoxy groups -OCH3 is 1. The van der Waals surface area contributed by atoms with Crippen LogP contribution in [0.1, 0.15) is 67.9 Å². The largest absolute Gasteiger partial charge is 0.496 e. The monoisotopic (exact) mass is 490 g/mol. The third kappa shape index (κ3) is 5.86. The molecule has 2 aliphatic rings. The fraction of sp³-hybridized carbons (Fsp3) is 0.500. The summed E-state index contributed by atoms with van der Waals surface area (Å²) in [7, 11) is 1.77. The van der Waals surface area contributed by atoms with Gasteiger partial charge in [-0.1, -0.05) is 19.9 Å². The Balaban J connectivity index is 0.00000148. The Labute approximate surface area is 216 Å². The molecule has 0 atom stereocenters. The molecule has 6 heteroatoms. The van der Waals surface area contributed by atoms with Gasteiger partial charge in [0.2, 0.25) is 5.91 Å². The number of hydrogen-bond acceptors (Lipinski definition) is 4. The summed E-state index contributed by atoms with van der Waals surface area (Å²) in [6.07, 6.45) is 9.30. The van der Waals surface area contributed by atoms with E-state index in [0.717, 1.165) is 68.6 Å². The summed E-state index contributed by atoms with van der Waals surface area (Å²) >= 11 is 0.